The van der Waals surface area contributed by atoms with Crippen LogP contribution in [-0.2, 0) is 6.54 Å². The highest BCUT2D eigenvalue weighted by molar-refractivity contribution is 5.21. The molecule has 150 valence electrons. The van der Waals surface area contributed by atoms with E-state index < -0.39 is 11.7 Å². The number of fused-ring (bicyclic) bond motifs is 1. The summed E-state index contributed by atoms with van der Waals surface area (Å²) in [6.45, 7) is 7.98. The van der Waals surface area contributed by atoms with Crippen LogP contribution in [0.2, 0.25) is 0 Å². The summed E-state index contributed by atoms with van der Waals surface area (Å²) in [5.74, 6) is 1.07. The third-order valence-electron chi connectivity index (χ3n) is 7.49. The number of hydrogen-bond acceptors (Lipinski definition) is 3. The van der Waals surface area contributed by atoms with Crippen molar-refractivity contribution in [2.24, 2.45) is 17.3 Å². The minimum Gasteiger partial charge on any atom is -0.390 e. The van der Waals surface area contributed by atoms with Crippen LogP contribution in [0.3, 0.4) is 0 Å². The molecule has 3 nitrogen and oxygen atoms in total. The second kappa shape index (κ2) is 7.29. The van der Waals surface area contributed by atoms with Gasteiger partial charge in [-0.15, -0.1) is 0 Å². The molecular formula is C25H33NO2. The topological polar surface area (TPSA) is 43.7 Å². The first kappa shape index (κ1) is 19.6. The van der Waals surface area contributed by atoms with Crippen LogP contribution < -0.4 is 0 Å². The van der Waals surface area contributed by atoms with Crippen molar-refractivity contribution in [1.29, 1.82) is 0 Å². The highest BCUT2D eigenvalue weighted by atomic mass is 16.3. The highest BCUT2D eigenvalue weighted by Crippen LogP contribution is 2.66. The fourth-order valence-corrected chi connectivity index (χ4v) is 5.32. The fraction of sp³-hybridized carbons (Fsp3) is 0.520. The van der Waals surface area contributed by atoms with Gasteiger partial charge in [0.2, 0.25) is 0 Å². The largest absolute Gasteiger partial charge is 0.390 e. The molecule has 0 amide bonds. The monoisotopic (exact) mass is 379 g/mol. The molecule has 3 heteroatoms. The number of benzene rings is 2. The normalized spacial score (nSPS) is 32.0. The van der Waals surface area contributed by atoms with Gasteiger partial charge in [-0.3, -0.25) is 4.90 Å². The van der Waals surface area contributed by atoms with E-state index in [2.05, 4.69) is 74.2 Å². The van der Waals surface area contributed by atoms with Gasteiger partial charge >= 0.3 is 0 Å². The van der Waals surface area contributed by atoms with Crippen molar-refractivity contribution < 1.29 is 10.2 Å². The first-order chi connectivity index (χ1) is 13.3. The molecule has 2 fully saturated rings. The minimum atomic E-state index is -1.05. The Morgan fingerprint density at radius 3 is 2.25 bits per heavy atom. The molecule has 0 spiro atoms. The van der Waals surface area contributed by atoms with Gasteiger partial charge in [-0.2, -0.15) is 0 Å². The van der Waals surface area contributed by atoms with E-state index in [0.717, 1.165) is 6.54 Å². The Morgan fingerprint density at radius 2 is 1.61 bits per heavy atom. The van der Waals surface area contributed by atoms with Crippen molar-refractivity contribution in [2.75, 3.05) is 6.54 Å². The zero-order valence-electron chi connectivity index (χ0n) is 17.3. The lowest BCUT2D eigenvalue weighted by atomic mass is 9.81. The lowest BCUT2D eigenvalue weighted by Gasteiger charge is -2.42. The molecule has 2 aliphatic rings. The smallest absolute Gasteiger partial charge is 0.103 e. The Bertz CT molecular complexity index is 791. The predicted molar refractivity (Wildman–Crippen MR) is 113 cm³/mol. The van der Waals surface area contributed by atoms with Gasteiger partial charge in [0, 0.05) is 19.1 Å². The molecule has 2 saturated carbocycles. The number of aliphatic hydroxyl groups excluding tert-OH is 1. The van der Waals surface area contributed by atoms with Crippen molar-refractivity contribution >= 4 is 0 Å². The maximum Gasteiger partial charge on any atom is 0.103 e. The Balaban J connectivity index is 1.58. The fourth-order valence-electron chi connectivity index (χ4n) is 5.32. The van der Waals surface area contributed by atoms with Crippen molar-refractivity contribution in [2.45, 2.75) is 57.9 Å². The molecular weight excluding hydrogens is 346 g/mol. The SMILES string of the molecule is C[C@H](c1ccccc1)N(Cc1ccccc1)C[C@]1(O)C[C@H]2[C@@H](C[C@H]1O)C2(C)C. The zero-order chi connectivity index (χ0) is 19.9. The van der Waals surface area contributed by atoms with Gasteiger partial charge < -0.3 is 10.2 Å². The van der Waals surface area contributed by atoms with Gasteiger partial charge in [-0.25, -0.2) is 0 Å². The van der Waals surface area contributed by atoms with E-state index in [1.807, 2.05) is 12.1 Å². The number of aliphatic hydroxyl groups is 2. The molecule has 2 aromatic carbocycles. The average Bonchev–Trinajstić information content (AvgIpc) is 3.21. The van der Waals surface area contributed by atoms with E-state index >= 15 is 0 Å². The van der Waals surface area contributed by atoms with Gasteiger partial charge in [-0.05, 0) is 48.1 Å². The summed E-state index contributed by atoms with van der Waals surface area (Å²) < 4.78 is 0. The van der Waals surface area contributed by atoms with Crippen molar-refractivity contribution in [1.82, 2.24) is 4.90 Å². The van der Waals surface area contributed by atoms with Crippen molar-refractivity contribution in [3.63, 3.8) is 0 Å². The third-order valence-corrected chi connectivity index (χ3v) is 7.49. The van der Waals surface area contributed by atoms with Crippen LogP contribution in [0.15, 0.2) is 60.7 Å². The maximum absolute atomic E-state index is 11.5. The Kier molecular flexibility index (Phi) is 5.11. The molecule has 2 aliphatic carbocycles. The van der Waals surface area contributed by atoms with Gasteiger partial charge in [0.15, 0.2) is 0 Å². The quantitative estimate of drug-likeness (QED) is 0.781. The molecule has 28 heavy (non-hydrogen) atoms. The molecule has 0 saturated heterocycles. The molecule has 2 aromatic rings. The minimum absolute atomic E-state index is 0.155. The summed E-state index contributed by atoms with van der Waals surface area (Å²) in [5.41, 5.74) is 1.66. The van der Waals surface area contributed by atoms with Crippen LogP contribution in [0.5, 0.6) is 0 Å². The summed E-state index contributed by atoms with van der Waals surface area (Å²) in [7, 11) is 0. The predicted octanol–water partition coefficient (Wildman–Crippen LogP) is 4.41. The molecule has 0 radical (unpaired) electrons. The number of rotatable bonds is 6. The van der Waals surface area contributed by atoms with Crippen molar-refractivity contribution in [3.05, 3.63) is 71.8 Å². The number of hydrogen-bond donors (Lipinski definition) is 2. The van der Waals surface area contributed by atoms with Crippen LogP contribution in [0.4, 0.5) is 0 Å². The molecule has 0 heterocycles. The summed E-state index contributed by atoms with van der Waals surface area (Å²) in [4.78, 5) is 2.32. The summed E-state index contributed by atoms with van der Waals surface area (Å²) >= 11 is 0. The lowest BCUT2D eigenvalue weighted by molar-refractivity contribution is -0.123. The lowest BCUT2D eigenvalue weighted by Crippen LogP contribution is -2.53. The first-order valence-corrected chi connectivity index (χ1v) is 10.5. The number of nitrogens with zero attached hydrogens (tertiary/aromatic N) is 1. The van der Waals surface area contributed by atoms with E-state index in [0.29, 0.717) is 31.2 Å². The van der Waals surface area contributed by atoms with Gasteiger partial charge in [0.25, 0.3) is 0 Å². The zero-order valence-corrected chi connectivity index (χ0v) is 17.3. The first-order valence-electron chi connectivity index (χ1n) is 10.5. The van der Waals surface area contributed by atoms with Gasteiger partial charge in [0.1, 0.15) is 5.60 Å². The Morgan fingerprint density at radius 1 is 1.00 bits per heavy atom. The van der Waals surface area contributed by atoms with Crippen LogP contribution in [0, 0.1) is 17.3 Å². The van der Waals surface area contributed by atoms with Crippen molar-refractivity contribution in [3.8, 4) is 0 Å². The van der Waals surface area contributed by atoms with Gasteiger partial charge in [0.05, 0.1) is 6.10 Å². The van der Waals surface area contributed by atoms with E-state index in [1.165, 1.54) is 11.1 Å². The molecule has 5 atom stereocenters. The molecule has 4 rings (SSSR count). The van der Waals surface area contributed by atoms with E-state index in [1.54, 1.807) is 0 Å². The van der Waals surface area contributed by atoms with E-state index in [-0.39, 0.29) is 11.5 Å². The third kappa shape index (κ3) is 3.63. The molecule has 0 aliphatic heterocycles. The Labute approximate surface area is 169 Å². The highest BCUT2D eigenvalue weighted by Gasteiger charge is 2.64. The second-order valence-electron chi connectivity index (χ2n) is 9.57. The standard InChI is InChI=1S/C25H33NO2/c1-18(20-12-8-5-9-13-20)26(16-19-10-6-4-7-11-19)17-25(28)15-22-21(14-23(25)27)24(22,2)3/h4-13,18,21-23,27-28H,14-17H2,1-3H3/t18-,21-,22+,23-,25-/m1/s1. The van der Waals surface area contributed by atoms with E-state index in [9.17, 15) is 10.2 Å². The van der Waals surface area contributed by atoms with Crippen LogP contribution in [0.1, 0.15) is 50.8 Å². The average molecular weight is 380 g/mol. The summed E-state index contributed by atoms with van der Waals surface area (Å²) in [6.07, 6.45) is 0.753. The van der Waals surface area contributed by atoms with Gasteiger partial charge in [-0.1, -0.05) is 74.5 Å². The molecule has 0 unspecified atom stereocenters. The van der Waals surface area contributed by atoms with Crippen LogP contribution >= 0.6 is 0 Å². The van der Waals surface area contributed by atoms with Crippen LogP contribution in [0.25, 0.3) is 0 Å². The van der Waals surface area contributed by atoms with E-state index in [4.69, 9.17) is 0 Å². The summed E-state index contributed by atoms with van der Waals surface area (Å²) in [6, 6.07) is 21.0. The molecule has 0 bridgehead atoms. The summed E-state index contributed by atoms with van der Waals surface area (Å²) in [5, 5.41) is 22.4. The maximum atomic E-state index is 11.5. The second-order valence-corrected chi connectivity index (χ2v) is 9.57. The van der Waals surface area contributed by atoms with Crippen LogP contribution in [-0.4, -0.2) is 33.4 Å². The molecule has 2 N–H and O–H groups in total. The Hall–Kier alpha value is -1.68. The molecule has 0 aromatic heterocycles.